The lowest BCUT2D eigenvalue weighted by Gasteiger charge is -2.32. The van der Waals surface area contributed by atoms with E-state index in [1.165, 1.54) is 6.07 Å². The Labute approximate surface area is 242 Å². The molecule has 1 N–H and O–H groups in total. The third-order valence-corrected chi connectivity index (χ3v) is 8.91. The van der Waals surface area contributed by atoms with Gasteiger partial charge in [-0.15, -0.1) is 0 Å². The number of hydrogen-bond donors (Lipinski definition) is 1. The number of likely N-dealkylation sites (N-methyl/N-ethyl adjacent to an activating group) is 2. The van der Waals surface area contributed by atoms with Gasteiger partial charge in [0.1, 0.15) is 17.8 Å². The highest BCUT2D eigenvalue weighted by atomic mass is 32.2. The summed E-state index contributed by atoms with van der Waals surface area (Å²) in [5, 5.41) is 0. The predicted octanol–water partition coefficient (Wildman–Crippen LogP) is 5.55. The van der Waals surface area contributed by atoms with Gasteiger partial charge in [-0.25, -0.2) is 9.56 Å². The number of pyridine rings is 1. The lowest BCUT2D eigenvalue weighted by atomic mass is 9.81. The van der Waals surface area contributed by atoms with Gasteiger partial charge >= 0.3 is 0 Å². The Hall–Kier alpha value is -4.01. The molecule has 2 aromatic heterocycles. The molecule has 2 aliphatic rings. The first kappa shape index (κ1) is 28.5. The van der Waals surface area contributed by atoms with Gasteiger partial charge in [0.15, 0.2) is 11.8 Å². The quantitative estimate of drug-likeness (QED) is 0.311. The summed E-state index contributed by atoms with van der Waals surface area (Å²) in [5.74, 6) is 0.946. The van der Waals surface area contributed by atoms with Crippen LogP contribution in [0.2, 0.25) is 0 Å². The Balaban J connectivity index is 1.59. The number of fused-ring (bicyclic) bond motifs is 1. The summed E-state index contributed by atoms with van der Waals surface area (Å²) >= 11 is 0. The molecular weight excluding hydrogens is 532 g/mol. The second-order valence-electron chi connectivity index (χ2n) is 11.1. The van der Waals surface area contributed by atoms with E-state index in [9.17, 15) is 13.0 Å². The van der Waals surface area contributed by atoms with Crippen LogP contribution in [0.5, 0.6) is 0 Å². The molecule has 41 heavy (non-hydrogen) atoms. The fourth-order valence-electron chi connectivity index (χ4n) is 5.86. The second-order valence-corrected chi connectivity index (χ2v) is 12.5. The number of nitrogens with zero attached hydrogens (tertiary/aromatic N) is 4. The lowest BCUT2D eigenvalue weighted by Crippen LogP contribution is -2.39. The molecule has 1 aliphatic heterocycles. The minimum atomic E-state index is -4.42. The van der Waals surface area contributed by atoms with Crippen LogP contribution in [0.15, 0.2) is 83.6 Å². The fourth-order valence-corrected chi connectivity index (χ4v) is 6.55. The first-order valence-corrected chi connectivity index (χ1v) is 15.1. The molecule has 0 amide bonds. The zero-order chi connectivity index (χ0) is 29.6. The molecule has 0 spiro atoms. The molecule has 3 aromatic rings. The van der Waals surface area contributed by atoms with Crippen LogP contribution in [0.3, 0.4) is 0 Å². The minimum Gasteiger partial charge on any atom is -0.378 e. The molecule has 5 rings (SSSR count). The van der Waals surface area contributed by atoms with Crippen molar-refractivity contribution in [3.05, 3.63) is 112 Å². The molecule has 8 heteroatoms. The van der Waals surface area contributed by atoms with Crippen molar-refractivity contribution in [2.45, 2.75) is 38.6 Å². The Morgan fingerprint density at radius 2 is 1.83 bits per heavy atom. The monoisotopic (exact) mass is 569 g/mol. The molecule has 0 fully saturated rings. The van der Waals surface area contributed by atoms with Gasteiger partial charge in [-0.3, -0.25) is 4.55 Å². The molecule has 1 aliphatic carbocycles. The Morgan fingerprint density at radius 1 is 1.07 bits per heavy atom. The van der Waals surface area contributed by atoms with E-state index in [0.717, 1.165) is 50.9 Å². The van der Waals surface area contributed by atoms with Crippen molar-refractivity contribution in [2.75, 3.05) is 21.1 Å². The van der Waals surface area contributed by atoms with E-state index in [0.29, 0.717) is 5.56 Å². The van der Waals surface area contributed by atoms with E-state index >= 15 is 0 Å². The normalized spacial score (nSPS) is 18.9. The highest BCUT2D eigenvalue weighted by Crippen LogP contribution is 2.38. The predicted molar refractivity (Wildman–Crippen MR) is 165 cm³/mol. The average Bonchev–Trinajstić information content (AvgIpc) is 3.19. The van der Waals surface area contributed by atoms with Crippen molar-refractivity contribution in [3.63, 3.8) is 0 Å². The third kappa shape index (κ3) is 5.37. The molecule has 7 nitrogen and oxygen atoms in total. The van der Waals surface area contributed by atoms with Gasteiger partial charge in [0, 0.05) is 60.7 Å². The van der Waals surface area contributed by atoms with Crippen molar-refractivity contribution in [3.8, 4) is 5.82 Å². The molecule has 0 saturated heterocycles. The summed E-state index contributed by atoms with van der Waals surface area (Å²) < 4.78 is 39.3. The van der Waals surface area contributed by atoms with Gasteiger partial charge in [0.05, 0.1) is 5.92 Å². The van der Waals surface area contributed by atoms with Crippen molar-refractivity contribution < 1.29 is 17.5 Å². The van der Waals surface area contributed by atoms with E-state index < -0.39 is 10.1 Å². The van der Waals surface area contributed by atoms with Gasteiger partial charge in [0.25, 0.3) is 10.1 Å². The summed E-state index contributed by atoms with van der Waals surface area (Å²) in [6.45, 7) is 8.18. The number of allylic oxidation sites excluding steroid dienone is 3. The highest BCUT2D eigenvalue weighted by molar-refractivity contribution is 7.86. The zero-order valence-corrected chi connectivity index (χ0v) is 25.4. The van der Waals surface area contributed by atoms with Gasteiger partial charge in [-0.2, -0.15) is 8.42 Å². The molecule has 0 radical (unpaired) electrons. The van der Waals surface area contributed by atoms with Crippen molar-refractivity contribution in [2.24, 2.45) is 5.92 Å². The SMILES string of the molecule is Cc1ccc(S(=O)(=O)O)c(C2=CC(N(C)C)=CC3C=CC(/C=C/c4cc(C)n(-c5ncccc5C)c4C)=[N+](C)C23)c1. The summed E-state index contributed by atoms with van der Waals surface area (Å²) in [6.07, 6.45) is 14.6. The topological polar surface area (TPSA) is 78.4 Å². The van der Waals surface area contributed by atoms with E-state index in [4.69, 9.17) is 0 Å². The number of rotatable bonds is 6. The van der Waals surface area contributed by atoms with E-state index in [-0.39, 0.29) is 16.9 Å². The molecule has 2 unspecified atom stereocenters. The van der Waals surface area contributed by atoms with Crippen LogP contribution in [0.25, 0.3) is 17.5 Å². The standard InChI is InChI=1S/C33H36N4O3S/c1-21-10-15-31(41(38,39)40)29(17-21)30-20-28(35(5)6)19-26-12-14-27(36(7)32(26)30)13-11-25-18-23(3)37(24(25)4)33-22(2)9-8-16-34-33/h8-20,26,32H,1-7H3/p+1. The molecule has 212 valence electrons. The van der Waals surface area contributed by atoms with E-state index in [2.05, 4.69) is 77.4 Å². The zero-order valence-electron chi connectivity index (χ0n) is 24.6. The Bertz CT molecular complexity index is 1800. The lowest BCUT2D eigenvalue weighted by molar-refractivity contribution is -0.527. The first-order chi connectivity index (χ1) is 19.4. The molecule has 0 saturated carbocycles. The Morgan fingerprint density at radius 3 is 2.51 bits per heavy atom. The van der Waals surface area contributed by atoms with Crippen LogP contribution in [-0.2, 0) is 10.1 Å². The summed E-state index contributed by atoms with van der Waals surface area (Å²) in [5.41, 5.74) is 8.70. The number of aromatic nitrogens is 2. The van der Waals surface area contributed by atoms with E-state index in [1.807, 2.05) is 57.4 Å². The van der Waals surface area contributed by atoms with Crippen LogP contribution in [0, 0.1) is 33.6 Å². The molecule has 2 atom stereocenters. The van der Waals surface area contributed by atoms with Gasteiger partial charge in [-0.1, -0.05) is 29.8 Å². The van der Waals surface area contributed by atoms with E-state index in [1.54, 1.807) is 6.07 Å². The largest absolute Gasteiger partial charge is 0.378 e. The summed E-state index contributed by atoms with van der Waals surface area (Å²) in [4.78, 5) is 6.56. The van der Waals surface area contributed by atoms with Crippen LogP contribution >= 0.6 is 0 Å². The van der Waals surface area contributed by atoms with Crippen LogP contribution in [0.1, 0.15) is 33.6 Å². The molecule has 0 bridgehead atoms. The minimum absolute atomic E-state index is 0.0153. The smallest absolute Gasteiger partial charge is 0.295 e. The maximum Gasteiger partial charge on any atom is 0.295 e. The molecular formula is C33H37N4O3S+. The second kappa shape index (κ2) is 10.8. The Kier molecular flexibility index (Phi) is 7.48. The number of hydrogen-bond acceptors (Lipinski definition) is 4. The number of aryl methyl sites for hydroxylation is 3. The van der Waals surface area contributed by atoms with Gasteiger partial charge in [-0.05, 0) is 75.2 Å². The van der Waals surface area contributed by atoms with Crippen molar-refractivity contribution >= 4 is 27.5 Å². The maximum atomic E-state index is 12.4. The van der Waals surface area contributed by atoms with Crippen LogP contribution < -0.4 is 0 Å². The van der Waals surface area contributed by atoms with Gasteiger partial charge < -0.3 is 9.47 Å². The van der Waals surface area contributed by atoms with Crippen LogP contribution in [0.4, 0.5) is 0 Å². The average molecular weight is 570 g/mol. The highest BCUT2D eigenvalue weighted by Gasteiger charge is 2.39. The molecule has 1 aromatic carbocycles. The molecule has 3 heterocycles. The summed E-state index contributed by atoms with van der Waals surface area (Å²) in [6, 6.07) is 11.1. The van der Waals surface area contributed by atoms with Crippen molar-refractivity contribution in [1.82, 2.24) is 14.5 Å². The fraction of sp³-hybridized carbons (Fsp3) is 0.273. The summed E-state index contributed by atoms with van der Waals surface area (Å²) in [7, 11) is 1.55. The number of benzene rings is 1. The third-order valence-electron chi connectivity index (χ3n) is 8.00. The first-order valence-electron chi connectivity index (χ1n) is 13.6. The van der Waals surface area contributed by atoms with Gasteiger partial charge in [0.2, 0.25) is 0 Å². The maximum absolute atomic E-state index is 12.4. The van der Waals surface area contributed by atoms with Crippen LogP contribution in [-0.4, -0.2) is 64.9 Å². The van der Waals surface area contributed by atoms with Crippen molar-refractivity contribution in [1.29, 1.82) is 0 Å².